The SMILES string of the molecule is CCCNc1cncc(NCC(C)(C)OCC)n1. The Kier molecular flexibility index (Phi) is 5.85. The second-order valence-electron chi connectivity index (χ2n) is 4.76. The molecule has 1 rings (SSSR count). The van der Waals surface area contributed by atoms with Crippen LogP contribution in [0.15, 0.2) is 12.4 Å². The molecule has 0 saturated carbocycles. The Hall–Kier alpha value is -1.36. The van der Waals surface area contributed by atoms with Crippen LogP contribution in [0.5, 0.6) is 0 Å². The molecule has 0 aromatic carbocycles. The lowest BCUT2D eigenvalue weighted by molar-refractivity contribution is 0.000640. The van der Waals surface area contributed by atoms with Crippen molar-refractivity contribution in [2.75, 3.05) is 30.3 Å². The third-order valence-electron chi connectivity index (χ3n) is 2.42. The van der Waals surface area contributed by atoms with Crippen LogP contribution >= 0.6 is 0 Å². The van der Waals surface area contributed by atoms with Gasteiger partial charge in [-0.2, -0.15) is 0 Å². The average Bonchev–Trinajstić information content (AvgIpc) is 2.35. The van der Waals surface area contributed by atoms with E-state index >= 15 is 0 Å². The number of nitrogens with zero attached hydrogens (tertiary/aromatic N) is 2. The summed E-state index contributed by atoms with van der Waals surface area (Å²) in [6.45, 7) is 10.5. The van der Waals surface area contributed by atoms with Crippen LogP contribution < -0.4 is 10.6 Å². The fourth-order valence-electron chi connectivity index (χ4n) is 1.53. The molecule has 0 bridgehead atoms. The molecular formula is C13H24N4O. The third kappa shape index (κ3) is 5.31. The van der Waals surface area contributed by atoms with Crippen LogP contribution in [0.25, 0.3) is 0 Å². The van der Waals surface area contributed by atoms with E-state index in [9.17, 15) is 0 Å². The van der Waals surface area contributed by atoms with Gasteiger partial charge in [0.25, 0.3) is 0 Å². The van der Waals surface area contributed by atoms with Gasteiger partial charge in [-0.05, 0) is 27.2 Å². The third-order valence-corrected chi connectivity index (χ3v) is 2.42. The molecule has 2 N–H and O–H groups in total. The Morgan fingerprint density at radius 3 is 2.44 bits per heavy atom. The summed E-state index contributed by atoms with van der Waals surface area (Å²) in [6, 6.07) is 0. The number of aromatic nitrogens is 2. The molecule has 102 valence electrons. The van der Waals surface area contributed by atoms with Gasteiger partial charge in [-0.15, -0.1) is 0 Å². The molecule has 0 amide bonds. The highest BCUT2D eigenvalue weighted by Crippen LogP contribution is 2.12. The number of rotatable bonds is 8. The van der Waals surface area contributed by atoms with Gasteiger partial charge in [0.2, 0.25) is 0 Å². The van der Waals surface area contributed by atoms with E-state index in [0.717, 1.165) is 24.6 Å². The summed E-state index contributed by atoms with van der Waals surface area (Å²) in [6.07, 6.45) is 4.52. The highest BCUT2D eigenvalue weighted by Gasteiger charge is 2.17. The highest BCUT2D eigenvalue weighted by atomic mass is 16.5. The van der Waals surface area contributed by atoms with Crippen molar-refractivity contribution in [3.05, 3.63) is 12.4 Å². The molecule has 0 fully saturated rings. The zero-order chi connectivity index (χ0) is 13.4. The van der Waals surface area contributed by atoms with Gasteiger partial charge in [-0.25, -0.2) is 4.98 Å². The molecule has 0 aliphatic carbocycles. The van der Waals surface area contributed by atoms with Gasteiger partial charge in [-0.3, -0.25) is 4.98 Å². The van der Waals surface area contributed by atoms with Gasteiger partial charge >= 0.3 is 0 Å². The lowest BCUT2D eigenvalue weighted by Crippen LogP contribution is -2.33. The minimum atomic E-state index is -0.205. The molecule has 0 aliphatic rings. The van der Waals surface area contributed by atoms with Gasteiger partial charge in [0.15, 0.2) is 0 Å². The Bertz CT molecular complexity index is 355. The lowest BCUT2D eigenvalue weighted by Gasteiger charge is -2.25. The molecule has 1 aromatic rings. The molecule has 0 saturated heterocycles. The number of hydrogen-bond acceptors (Lipinski definition) is 5. The summed E-state index contributed by atoms with van der Waals surface area (Å²) in [5, 5.41) is 6.46. The van der Waals surface area contributed by atoms with E-state index in [-0.39, 0.29) is 5.60 Å². The monoisotopic (exact) mass is 252 g/mol. The first-order valence-corrected chi connectivity index (χ1v) is 6.51. The normalized spacial score (nSPS) is 11.3. The van der Waals surface area contributed by atoms with Crippen molar-refractivity contribution in [1.29, 1.82) is 0 Å². The summed E-state index contributed by atoms with van der Waals surface area (Å²) >= 11 is 0. The van der Waals surface area contributed by atoms with E-state index in [1.54, 1.807) is 12.4 Å². The summed E-state index contributed by atoms with van der Waals surface area (Å²) in [4.78, 5) is 8.59. The number of anilines is 2. The first kappa shape index (κ1) is 14.7. The standard InChI is InChI=1S/C13H24N4O/c1-5-7-15-11-8-14-9-12(17-11)16-10-13(3,4)18-6-2/h8-9H,5-7,10H2,1-4H3,(H2,15,16,17). The van der Waals surface area contributed by atoms with Crippen LogP contribution in [-0.2, 0) is 4.74 Å². The van der Waals surface area contributed by atoms with E-state index < -0.39 is 0 Å². The van der Waals surface area contributed by atoms with Gasteiger partial charge in [0, 0.05) is 19.7 Å². The zero-order valence-electron chi connectivity index (χ0n) is 11.8. The molecular weight excluding hydrogens is 228 g/mol. The maximum Gasteiger partial charge on any atom is 0.147 e. The Labute approximate surface area is 109 Å². The van der Waals surface area contributed by atoms with Crippen molar-refractivity contribution >= 4 is 11.6 Å². The highest BCUT2D eigenvalue weighted by molar-refractivity contribution is 5.41. The second kappa shape index (κ2) is 7.16. The van der Waals surface area contributed by atoms with E-state index in [1.165, 1.54) is 0 Å². The van der Waals surface area contributed by atoms with E-state index in [2.05, 4.69) is 41.4 Å². The minimum Gasteiger partial charge on any atom is -0.374 e. The van der Waals surface area contributed by atoms with E-state index in [4.69, 9.17) is 4.74 Å². The smallest absolute Gasteiger partial charge is 0.147 e. The van der Waals surface area contributed by atoms with Gasteiger partial charge in [0.05, 0.1) is 18.0 Å². The van der Waals surface area contributed by atoms with Crippen LogP contribution in [0.2, 0.25) is 0 Å². The molecule has 0 spiro atoms. The van der Waals surface area contributed by atoms with Crippen LogP contribution in [0.1, 0.15) is 34.1 Å². The van der Waals surface area contributed by atoms with Crippen LogP contribution in [0.3, 0.4) is 0 Å². The Morgan fingerprint density at radius 1 is 1.17 bits per heavy atom. The summed E-state index contributed by atoms with van der Waals surface area (Å²) in [5.74, 6) is 1.57. The predicted octanol–water partition coefficient (Wildman–Crippen LogP) is 2.53. The second-order valence-corrected chi connectivity index (χ2v) is 4.76. The Balaban J connectivity index is 2.51. The number of hydrogen-bond donors (Lipinski definition) is 2. The maximum absolute atomic E-state index is 5.62. The van der Waals surface area contributed by atoms with Gasteiger partial charge < -0.3 is 15.4 Å². The molecule has 1 aromatic heterocycles. The minimum absolute atomic E-state index is 0.205. The van der Waals surface area contributed by atoms with Crippen LogP contribution in [0.4, 0.5) is 11.6 Å². The molecule has 1 heterocycles. The number of ether oxygens (including phenoxy) is 1. The zero-order valence-corrected chi connectivity index (χ0v) is 11.8. The summed E-state index contributed by atoms with van der Waals surface area (Å²) in [7, 11) is 0. The lowest BCUT2D eigenvalue weighted by atomic mass is 10.1. The summed E-state index contributed by atoms with van der Waals surface area (Å²) in [5.41, 5.74) is -0.205. The fraction of sp³-hybridized carbons (Fsp3) is 0.692. The fourth-order valence-corrected chi connectivity index (χ4v) is 1.53. The van der Waals surface area contributed by atoms with Gasteiger partial charge in [0.1, 0.15) is 11.6 Å². The molecule has 18 heavy (non-hydrogen) atoms. The van der Waals surface area contributed by atoms with E-state index in [1.807, 2.05) is 6.92 Å². The largest absolute Gasteiger partial charge is 0.374 e. The molecule has 0 unspecified atom stereocenters. The van der Waals surface area contributed by atoms with Crippen molar-refractivity contribution < 1.29 is 4.74 Å². The maximum atomic E-state index is 5.62. The first-order chi connectivity index (χ1) is 8.57. The van der Waals surface area contributed by atoms with E-state index in [0.29, 0.717) is 13.2 Å². The van der Waals surface area contributed by atoms with Crippen molar-refractivity contribution in [3.63, 3.8) is 0 Å². The Morgan fingerprint density at radius 2 is 1.83 bits per heavy atom. The van der Waals surface area contributed by atoms with Crippen molar-refractivity contribution in [2.24, 2.45) is 0 Å². The summed E-state index contributed by atoms with van der Waals surface area (Å²) < 4.78 is 5.62. The van der Waals surface area contributed by atoms with Crippen molar-refractivity contribution in [1.82, 2.24) is 9.97 Å². The van der Waals surface area contributed by atoms with Gasteiger partial charge in [-0.1, -0.05) is 6.92 Å². The predicted molar refractivity (Wildman–Crippen MR) is 75.0 cm³/mol. The number of nitrogens with one attached hydrogen (secondary N) is 2. The molecule has 5 heteroatoms. The van der Waals surface area contributed by atoms with Crippen LogP contribution in [-0.4, -0.2) is 35.3 Å². The molecule has 0 atom stereocenters. The van der Waals surface area contributed by atoms with Crippen LogP contribution in [0, 0.1) is 0 Å². The first-order valence-electron chi connectivity index (χ1n) is 6.51. The molecule has 0 radical (unpaired) electrons. The van der Waals surface area contributed by atoms with Crippen molar-refractivity contribution in [3.8, 4) is 0 Å². The molecule has 5 nitrogen and oxygen atoms in total. The molecule has 0 aliphatic heterocycles. The average molecular weight is 252 g/mol. The topological polar surface area (TPSA) is 59.1 Å². The van der Waals surface area contributed by atoms with Crippen molar-refractivity contribution in [2.45, 2.75) is 39.7 Å². The quantitative estimate of drug-likeness (QED) is 0.744.